The molecule has 0 spiro atoms. The van der Waals surface area contributed by atoms with Gasteiger partial charge in [0, 0.05) is 16.2 Å². The van der Waals surface area contributed by atoms with E-state index in [4.69, 9.17) is 4.74 Å². The Morgan fingerprint density at radius 1 is 1.04 bits per heavy atom. The lowest BCUT2D eigenvalue weighted by Gasteiger charge is -2.14. The molecule has 2 amide bonds. The average molecular weight is 408 g/mol. The molecule has 0 saturated carbocycles. The second-order valence-corrected chi connectivity index (χ2v) is 6.78. The Kier molecular flexibility index (Phi) is 7.94. The number of benzene rings is 2. The molecule has 148 valence electrons. The number of nitrogens with one attached hydrogen (secondary N) is 2. The van der Waals surface area contributed by atoms with Gasteiger partial charge in [-0.3, -0.25) is 25.2 Å². The maximum atomic E-state index is 13.1. The van der Waals surface area contributed by atoms with Gasteiger partial charge in [-0.15, -0.1) is 11.8 Å². The minimum absolute atomic E-state index is 0.0301. The van der Waals surface area contributed by atoms with Crippen LogP contribution in [0.15, 0.2) is 53.4 Å². The van der Waals surface area contributed by atoms with Crippen molar-refractivity contribution in [2.45, 2.75) is 24.3 Å². The minimum atomic E-state index is -1.11. The summed E-state index contributed by atoms with van der Waals surface area (Å²) in [5, 5.41) is 0. The molecule has 0 saturated heterocycles. The highest BCUT2D eigenvalue weighted by Gasteiger charge is 2.18. The second-order valence-electron chi connectivity index (χ2n) is 5.62. The molecule has 2 N–H and O–H groups in total. The van der Waals surface area contributed by atoms with Crippen LogP contribution in [-0.2, 0) is 14.3 Å². The van der Waals surface area contributed by atoms with E-state index >= 15 is 0 Å². The first-order chi connectivity index (χ1) is 13.4. The summed E-state index contributed by atoms with van der Waals surface area (Å²) in [5.41, 5.74) is 4.77. The molecule has 6 nitrogen and oxygen atoms in total. The van der Waals surface area contributed by atoms with Gasteiger partial charge >= 0.3 is 5.97 Å². The fraction of sp³-hybridized carbons (Fsp3) is 0.211. The highest BCUT2D eigenvalue weighted by Crippen LogP contribution is 2.21. The third-order valence-corrected chi connectivity index (χ3v) is 4.47. The van der Waals surface area contributed by atoms with Crippen molar-refractivity contribution in [3.63, 3.8) is 0 Å². The Labute approximate surface area is 164 Å². The van der Waals surface area contributed by atoms with E-state index in [-0.39, 0.29) is 12.2 Å². The number of ether oxygens (including phenoxy) is 1. The predicted molar refractivity (Wildman–Crippen MR) is 99.3 cm³/mol. The molecular formula is C19H18F2N2O4S. The van der Waals surface area contributed by atoms with Crippen molar-refractivity contribution >= 4 is 29.5 Å². The molecule has 0 aliphatic carbocycles. The van der Waals surface area contributed by atoms with Gasteiger partial charge in [0.05, 0.1) is 6.42 Å². The zero-order valence-corrected chi connectivity index (χ0v) is 15.7. The maximum absolute atomic E-state index is 13.1. The van der Waals surface area contributed by atoms with Crippen molar-refractivity contribution in [2.75, 3.05) is 5.75 Å². The number of carbonyl (C=O) groups excluding carboxylic acids is 3. The van der Waals surface area contributed by atoms with Crippen molar-refractivity contribution in [3.8, 4) is 0 Å². The van der Waals surface area contributed by atoms with E-state index in [9.17, 15) is 23.2 Å². The van der Waals surface area contributed by atoms with Crippen LogP contribution >= 0.6 is 11.8 Å². The van der Waals surface area contributed by atoms with E-state index in [2.05, 4.69) is 10.9 Å². The molecule has 0 unspecified atom stereocenters. The maximum Gasteiger partial charge on any atom is 0.307 e. The fourth-order valence-corrected chi connectivity index (χ4v) is 2.87. The second kappa shape index (κ2) is 10.4. The van der Waals surface area contributed by atoms with Gasteiger partial charge in [0.2, 0.25) is 0 Å². The number of amides is 2. The van der Waals surface area contributed by atoms with Gasteiger partial charge in [-0.1, -0.05) is 18.2 Å². The van der Waals surface area contributed by atoms with Crippen LogP contribution in [0.25, 0.3) is 0 Å². The summed E-state index contributed by atoms with van der Waals surface area (Å²) in [7, 11) is 0. The van der Waals surface area contributed by atoms with Crippen LogP contribution in [0.3, 0.4) is 0 Å². The first-order valence-corrected chi connectivity index (χ1v) is 9.28. The van der Waals surface area contributed by atoms with Crippen molar-refractivity contribution in [3.05, 3.63) is 65.7 Å². The van der Waals surface area contributed by atoms with Gasteiger partial charge in [0.25, 0.3) is 11.8 Å². The van der Waals surface area contributed by atoms with E-state index in [1.807, 2.05) is 0 Å². The zero-order valence-electron chi connectivity index (χ0n) is 14.9. The summed E-state index contributed by atoms with van der Waals surface area (Å²) < 4.78 is 30.9. The van der Waals surface area contributed by atoms with E-state index in [0.29, 0.717) is 10.5 Å². The summed E-state index contributed by atoms with van der Waals surface area (Å²) in [6, 6.07) is 11.7. The van der Waals surface area contributed by atoms with Crippen molar-refractivity contribution in [1.29, 1.82) is 0 Å². The minimum Gasteiger partial charge on any atom is -0.452 e. The first kappa shape index (κ1) is 21.4. The number of rotatable bonds is 7. The molecule has 2 rings (SSSR count). The molecule has 28 heavy (non-hydrogen) atoms. The molecule has 9 heteroatoms. The molecule has 0 radical (unpaired) electrons. The van der Waals surface area contributed by atoms with Crippen molar-refractivity contribution in [1.82, 2.24) is 10.9 Å². The Bertz CT molecular complexity index is 849. The quantitative estimate of drug-likeness (QED) is 0.418. The summed E-state index contributed by atoms with van der Waals surface area (Å²) in [6.07, 6.45) is -1.14. The molecule has 0 heterocycles. The standard InChI is InChI=1S/C19H18F2N2O4S/c1-12(18(25)22-23-19(26)13-5-3-2-4-6-13)27-17(24)9-10-28-14-7-8-15(20)16(21)11-14/h2-8,11-12H,9-10H2,1H3,(H,22,25)(H,23,26)/t12-/m1/s1. The van der Waals surface area contributed by atoms with Crippen LogP contribution in [-0.4, -0.2) is 29.6 Å². The topological polar surface area (TPSA) is 84.5 Å². The third-order valence-electron chi connectivity index (χ3n) is 3.48. The van der Waals surface area contributed by atoms with E-state index in [1.54, 1.807) is 30.3 Å². The van der Waals surface area contributed by atoms with Gasteiger partial charge in [0.15, 0.2) is 17.7 Å². The number of halogens is 2. The normalized spacial score (nSPS) is 11.4. The van der Waals surface area contributed by atoms with Crippen LogP contribution in [0.4, 0.5) is 8.78 Å². The van der Waals surface area contributed by atoms with Crippen LogP contribution < -0.4 is 10.9 Å². The van der Waals surface area contributed by atoms with E-state index in [1.165, 1.54) is 13.0 Å². The highest BCUT2D eigenvalue weighted by atomic mass is 32.2. The van der Waals surface area contributed by atoms with Crippen LogP contribution in [0.1, 0.15) is 23.7 Å². The number of hydrazine groups is 1. The molecular weight excluding hydrogens is 390 g/mol. The number of thioether (sulfide) groups is 1. The number of hydrogen-bond donors (Lipinski definition) is 2. The van der Waals surface area contributed by atoms with Gasteiger partial charge in [-0.25, -0.2) is 8.78 Å². The Balaban J connectivity index is 1.70. The largest absolute Gasteiger partial charge is 0.452 e. The molecule has 0 aliphatic rings. The molecule has 1 atom stereocenters. The zero-order chi connectivity index (χ0) is 20.5. The Morgan fingerprint density at radius 3 is 2.43 bits per heavy atom. The first-order valence-electron chi connectivity index (χ1n) is 8.29. The van der Waals surface area contributed by atoms with Gasteiger partial charge in [-0.2, -0.15) is 0 Å². The number of carbonyl (C=O) groups is 3. The summed E-state index contributed by atoms with van der Waals surface area (Å²) in [6.45, 7) is 1.37. The lowest BCUT2D eigenvalue weighted by Crippen LogP contribution is -2.46. The molecule has 2 aromatic carbocycles. The average Bonchev–Trinajstić information content (AvgIpc) is 2.69. The van der Waals surface area contributed by atoms with Gasteiger partial charge in [-0.05, 0) is 37.3 Å². The van der Waals surface area contributed by atoms with E-state index < -0.39 is 35.5 Å². The summed E-state index contributed by atoms with van der Waals surface area (Å²) >= 11 is 1.15. The van der Waals surface area contributed by atoms with Crippen LogP contribution in [0.2, 0.25) is 0 Å². The molecule has 0 fully saturated rings. The molecule has 2 aromatic rings. The molecule has 0 bridgehead atoms. The smallest absolute Gasteiger partial charge is 0.307 e. The summed E-state index contributed by atoms with van der Waals surface area (Å²) in [4.78, 5) is 36.0. The van der Waals surface area contributed by atoms with Crippen LogP contribution in [0.5, 0.6) is 0 Å². The van der Waals surface area contributed by atoms with Gasteiger partial charge in [0.1, 0.15) is 0 Å². The van der Waals surface area contributed by atoms with Crippen LogP contribution in [0, 0.1) is 11.6 Å². The van der Waals surface area contributed by atoms with Crippen molar-refractivity contribution < 1.29 is 27.9 Å². The Morgan fingerprint density at radius 2 is 1.75 bits per heavy atom. The SMILES string of the molecule is C[C@@H](OC(=O)CCSc1ccc(F)c(F)c1)C(=O)NNC(=O)c1ccccc1. The lowest BCUT2D eigenvalue weighted by molar-refractivity contribution is -0.154. The van der Waals surface area contributed by atoms with Gasteiger partial charge < -0.3 is 4.74 Å². The number of hydrogen-bond acceptors (Lipinski definition) is 5. The van der Waals surface area contributed by atoms with Crippen molar-refractivity contribution in [2.24, 2.45) is 0 Å². The highest BCUT2D eigenvalue weighted by molar-refractivity contribution is 7.99. The lowest BCUT2D eigenvalue weighted by atomic mass is 10.2. The monoisotopic (exact) mass is 408 g/mol. The molecule has 0 aromatic heterocycles. The number of esters is 1. The van der Waals surface area contributed by atoms with E-state index in [0.717, 1.165) is 23.9 Å². The molecule has 0 aliphatic heterocycles. The summed E-state index contributed by atoms with van der Waals surface area (Å²) in [5.74, 6) is -3.46. The third kappa shape index (κ3) is 6.66. The fourth-order valence-electron chi connectivity index (χ4n) is 2.01. The predicted octanol–water partition coefficient (Wildman–Crippen LogP) is 2.84. The Hall–Kier alpha value is -2.94.